The molecular formula is C19H25N3O2S. The van der Waals surface area contributed by atoms with E-state index >= 15 is 0 Å². The molecule has 2 aromatic rings. The van der Waals surface area contributed by atoms with E-state index in [2.05, 4.69) is 11.1 Å². The molecule has 2 N–H and O–H groups in total. The molecule has 134 valence electrons. The van der Waals surface area contributed by atoms with Crippen molar-refractivity contribution in [3.8, 4) is 0 Å². The third kappa shape index (κ3) is 3.84. The maximum absolute atomic E-state index is 12.4. The summed E-state index contributed by atoms with van der Waals surface area (Å²) in [4.78, 5) is 30.6. The number of aryl methyl sites for hydroxylation is 1. The first-order valence-electron chi connectivity index (χ1n) is 8.96. The lowest BCUT2D eigenvalue weighted by Crippen LogP contribution is -2.48. The van der Waals surface area contributed by atoms with Gasteiger partial charge < -0.3 is 10.6 Å². The first kappa shape index (κ1) is 17.9. The number of hydrogen-bond donors (Lipinski definition) is 1. The van der Waals surface area contributed by atoms with Gasteiger partial charge in [0.15, 0.2) is 0 Å². The molecule has 1 aromatic heterocycles. The molecule has 2 heterocycles. The molecule has 1 fully saturated rings. The second-order valence-electron chi connectivity index (χ2n) is 6.81. The monoisotopic (exact) mass is 359 g/mol. The first-order valence-corrected chi connectivity index (χ1v) is 9.78. The number of carbonyl (C=O) groups is 2. The Morgan fingerprint density at radius 1 is 1.28 bits per heavy atom. The zero-order chi connectivity index (χ0) is 17.9. The van der Waals surface area contributed by atoms with Crippen molar-refractivity contribution in [2.24, 2.45) is 11.1 Å². The van der Waals surface area contributed by atoms with Crippen LogP contribution in [-0.4, -0.2) is 34.8 Å². The van der Waals surface area contributed by atoms with Crippen molar-refractivity contribution in [2.75, 3.05) is 13.1 Å². The van der Waals surface area contributed by atoms with E-state index in [-0.39, 0.29) is 11.8 Å². The number of nitrogens with zero attached hydrogens (tertiary/aromatic N) is 2. The number of thiazole rings is 1. The van der Waals surface area contributed by atoms with Crippen molar-refractivity contribution < 1.29 is 9.59 Å². The van der Waals surface area contributed by atoms with Crippen molar-refractivity contribution in [1.29, 1.82) is 0 Å². The van der Waals surface area contributed by atoms with Gasteiger partial charge in [0.1, 0.15) is 0 Å². The van der Waals surface area contributed by atoms with Gasteiger partial charge in [-0.15, -0.1) is 11.3 Å². The van der Waals surface area contributed by atoms with E-state index in [1.165, 1.54) is 4.70 Å². The Hall–Kier alpha value is -1.95. The predicted octanol–water partition coefficient (Wildman–Crippen LogP) is 3.12. The maximum Gasteiger partial charge on any atom is 0.223 e. The summed E-state index contributed by atoms with van der Waals surface area (Å²) in [5, 5.41) is 1.09. The molecule has 0 unspecified atom stereocenters. The highest BCUT2D eigenvalue weighted by molar-refractivity contribution is 7.18. The smallest absolute Gasteiger partial charge is 0.223 e. The fourth-order valence-electron chi connectivity index (χ4n) is 3.53. The summed E-state index contributed by atoms with van der Waals surface area (Å²) >= 11 is 1.70. The van der Waals surface area contributed by atoms with Gasteiger partial charge in [0, 0.05) is 19.5 Å². The molecule has 0 aliphatic carbocycles. The Labute approximate surface area is 152 Å². The van der Waals surface area contributed by atoms with Crippen molar-refractivity contribution in [3.63, 3.8) is 0 Å². The Morgan fingerprint density at radius 3 is 2.64 bits per heavy atom. The zero-order valence-electron chi connectivity index (χ0n) is 14.7. The standard InChI is InChI=1S/C19H25N3O2S/c1-2-19(18(20)24)10-12-22(13-11-19)17(23)9-5-8-16-21-14-6-3-4-7-15(14)25-16/h3-4,6-7H,2,5,8-13H2,1H3,(H2,20,24). The minimum Gasteiger partial charge on any atom is -0.369 e. The van der Waals surface area contributed by atoms with Gasteiger partial charge in [-0.3, -0.25) is 9.59 Å². The van der Waals surface area contributed by atoms with Crippen LogP contribution in [0.25, 0.3) is 10.2 Å². The van der Waals surface area contributed by atoms with Crippen LogP contribution >= 0.6 is 11.3 Å². The Morgan fingerprint density at radius 2 is 2.00 bits per heavy atom. The number of likely N-dealkylation sites (tertiary alicyclic amines) is 1. The van der Waals surface area contributed by atoms with Crippen molar-refractivity contribution in [1.82, 2.24) is 9.88 Å². The number of benzene rings is 1. The lowest BCUT2D eigenvalue weighted by Gasteiger charge is -2.39. The minimum atomic E-state index is -0.419. The average molecular weight is 359 g/mol. The summed E-state index contributed by atoms with van der Waals surface area (Å²) in [6.45, 7) is 3.27. The quantitative estimate of drug-likeness (QED) is 0.861. The van der Waals surface area contributed by atoms with Crippen LogP contribution in [0.5, 0.6) is 0 Å². The van der Waals surface area contributed by atoms with E-state index in [1.807, 2.05) is 30.0 Å². The van der Waals surface area contributed by atoms with Crippen molar-refractivity contribution in [2.45, 2.75) is 45.4 Å². The molecular weight excluding hydrogens is 334 g/mol. The second kappa shape index (κ2) is 7.52. The van der Waals surface area contributed by atoms with Crippen molar-refractivity contribution >= 4 is 33.4 Å². The van der Waals surface area contributed by atoms with Gasteiger partial charge in [0.05, 0.1) is 20.6 Å². The van der Waals surface area contributed by atoms with Gasteiger partial charge in [0.25, 0.3) is 0 Å². The highest BCUT2D eigenvalue weighted by Gasteiger charge is 2.39. The summed E-state index contributed by atoms with van der Waals surface area (Å²) in [7, 11) is 0. The minimum absolute atomic E-state index is 0.176. The molecule has 1 aromatic carbocycles. The van der Waals surface area contributed by atoms with Gasteiger partial charge in [-0.2, -0.15) is 0 Å². The van der Waals surface area contributed by atoms with E-state index in [4.69, 9.17) is 5.73 Å². The molecule has 0 spiro atoms. The predicted molar refractivity (Wildman–Crippen MR) is 100 cm³/mol. The SMILES string of the molecule is CCC1(C(N)=O)CCN(C(=O)CCCc2nc3ccccc3s2)CC1. The molecule has 1 aliphatic rings. The fraction of sp³-hybridized carbons (Fsp3) is 0.526. The number of nitrogens with two attached hydrogens (primary N) is 1. The molecule has 3 rings (SSSR count). The number of carbonyl (C=O) groups excluding carboxylic acids is 2. The van der Waals surface area contributed by atoms with E-state index < -0.39 is 5.41 Å². The lowest BCUT2D eigenvalue weighted by atomic mass is 9.75. The molecule has 2 amide bonds. The molecule has 5 nitrogen and oxygen atoms in total. The van der Waals surface area contributed by atoms with Crippen LogP contribution < -0.4 is 5.73 Å². The molecule has 0 saturated carbocycles. The molecule has 1 aliphatic heterocycles. The summed E-state index contributed by atoms with van der Waals surface area (Å²) in [6.07, 6.45) is 4.29. The summed E-state index contributed by atoms with van der Waals surface area (Å²) < 4.78 is 1.20. The molecule has 6 heteroatoms. The molecule has 0 atom stereocenters. The summed E-state index contributed by atoms with van der Waals surface area (Å²) in [5.41, 5.74) is 6.18. The number of piperidine rings is 1. The lowest BCUT2D eigenvalue weighted by molar-refractivity contribution is -0.139. The largest absolute Gasteiger partial charge is 0.369 e. The second-order valence-corrected chi connectivity index (χ2v) is 7.92. The van der Waals surface area contributed by atoms with Crippen LogP contribution in [0.2, 0.25) is 0 Å². The van der Waals surface area contributed by atoms with E-state index in [1.54, 1.807) is 11.3 Å². The zero-order valence-corrected chi connectivity index (χ0v) is 15.5. The molecule has 1 saturated heterocycles. The number of para-hydroxylation sites is 1. The molecule has 0 bridgehead atoms. The van der Waals surface area contributed by atoms with Gasteiger partial charge in [0.2, 0.25) is 11.8 Å². The number of hydrogen-bond acceptors (Lipinski definition) is 4. The molecule has 25 heavy (non-hydrogen) atoms. The summed E-state index contributed by atoms with van der Waals surface area (Å²) in [6, 6.07) is 8.11. The number of fused-ring (bicyclic) bond motifs is 1. The van der Waals surface area contributed by atoms with Crippen LogP contribution in [0, 0.1) is 5.41 Å². The van der Waals surface area contributed by atoms with Gasteiger partial charge in [-0.1, -0.05) is 19.1 Å². The van der Waals surface area contributed by atoms with E-state index in [0.29, 0.717) is 32.4 Å². The molecule has 0 radical (unpaired) electrons. The highest BCUT2D eigenvalue weighted by atomic mass is 32.1. The number of amides is 2. The topological polar surface area (TPSA) is 76.3 Å². The van der Waals surface area contributed by atoms with Crippen LogP contribution in [0.3, 0.4) is 0 Å². The van der Waals surface area contributed by atoms with Gasteiger partial charge in [-0.25, -0.2) is 4.98 Å². The van der Waals surface area contributed by atoms with Crippen LogP contribution in [0.4, 0.5) is 0 Å². The third-order valence-corrected chi connectivity index (χ3v) is 6.49. The van der Waals surface area contributed by atoms with Gasteiger partial charge in [-0.05, 0) is 44.2 Å². The third-order valence-electron chi connectivity index (χ3n) is 5.39. The van der Waals surface area contributed by atoms with Crippen LogP contribution in [-0.2, 0) is 16.0 Å². The Bertz CT molecular complexity index is 730. The van der Waals surface area contributed by atoms with Crippen molar-refractivity contribution in [3.05, 3.63) is 29.3 Å². The van der Waals surface area contributed by atoms with E-state index in [9.17, 15) is 9.59 Å². The number of primary amides is 1. The first-order chi connectivity index (χ1) is 12.0. The average Bonchev–Trinajstić information content (AvgIpc) is 3.04. The number of aromatic nitrogens is 1. The summed E-state index contributed by atoms with van der Waals surface area (Å²) in [5.74, 6) is -0.0479. The van der Waals surface area contributed by atoms with Crippen LogP contribution in [0.15, 0.2) is 24.3 Å². The Kier molecular flexibility index (Phi) is 5.37. The number of rotatable bonds is 6. The normalized spacial score (nSPS) is 16.9. The van der Waals surface area contributed by atoms with Gasteiger partial charge >= 0.3 is 0 Å². The fourth-order valence-corrected chi connectivity index (χ4v) is 4.54. The highest BCUT2D eigenvalue weighted by Crippen LogP contribution is 2.34. The Balaban J connectivity index is 1.48. The van der Waals surface area contributed by atoms with E-state index in [0.717, 1.165) is 29.8 Å². The van der Waals surface area contributed by atoms with Crippen LogP contribution in [0.1, 0.15) is 44.0 Å². The maximum atomic E-state index is 12.4.